The van der Waals surface area contributed by atoms with Gasteiger partial charge in [0, 0.05) is 18.0 Å². The van der Waals surface area contributed by atoms with Gasteiger partial charge in [-0.05, 0) is 25.1 Å². The smallest absolute Gasteiger partial charge is 0.408 e. The number of aryl methyl sites for hydroxylation is 2. The molecular formula is C13H11N3O3S. The van der Waals surface area contributed by atoms with E-state index in [0.717, 1.165) is 5.69 Å². The van der Waals surface area contributed by atoms with Crippen LogP contribution in [0.15, 0.2) is 32.8 Å². The SMILES string of the molecule is Cc1csc(NC(=O)c2ccc3c(c2)oc(=O)n3C)n1. The quantitative estimate of drug-likeness (QED) is 0.784. The fourth-order valence-corrected chi connectivity index (χ4v) is 2.54. The molecule has 1 amide bonds. The minimum atomic E-state index is -0.451. The number of oxazole rings is 1. The van der Waals surface area contributed by atoms with E-state index in [1.165, 1.54) is 15.9 Å². The van der Waals surface area contributed by atoms with Crippen LogP contribution in [0.4, 0.5) is 5.13 Å². The molecule has 1 N–H and O–H groups in total. The number of aromatic nitrogens is 2. The third-order valence-corrected chi connectivity index (χ3v) is 3.77. The van der Waals surface area contributed by atoms with Crippen molar-refractivity contribution in [1.82, 2.24) is 9.55 Å². The number of rotatable bonds is 2. The predicted molar refractivity (Wildman–Crippen MR) is 76.3 cm³/mol. The Labute approximate surface area is 117 Å². The first kappa shape index (κ1) is 12.6. The molecule has 2 aromatic heterocycles. The number of thiazole rings is 1. The molecule has 0 spiro atoms. The summed E-state index contributed by atoms with van der Waals surface area (Å²) in [5.74, 6) is -0.735. The number of amides is 1. The number of hydrogen-bond donors (Lipinski definition) is 1. The Bertz CT molecular complexity index is 859. The molecule has 0 saturated heterocycles. The monoisotopic (exact) mass is 289 g/mol. The highest BCUT2D eigenvalue weighted by Gasteiger charge is 2.12. The van der Waals surface area contributed by atoms with Crippen LogP contribution < -0.4 is 11.1 Å². The van der Waals surface area contributed by atoms with E-state index in [0.29, 0.717) is 21.8 Å². The summed E-state index contributed by atoms with van der Waals surface area (Å²) in [4.78, 5) is 27.7. The fourth-order valence-electron chi connectivity index (χ4n) is 1.86. The van der Waals surface area contributed by atoms with Gasteiger partial charge in [-0.25, -0.2) is 9.78 Å². The van der Waals surface area contributed by atoms with Gasteiger partial charge in [-0.2, -0.15) is 0 Å². The van der Waals surface area contributed by atoms with E-state index < -0.39 is 5.76 Å². The van der Waals surface area contributed by atoms with Crippen LogP contribution >= 0.6 is 11.3 Å². The Morgan fingerprint density at radius 3 is 2.95 bits per heavy atom. The first-order chi connectivity index (χ1) is 9.54. The number of nitrogens with one attached hydrogen (secondary N) is 1. The van der Waals surface area contributed by atoms with Gasteiger partial charge >= 0.3 is 5.76 Å². The molecule has 0 aliphatic rings. The lowest BCUT2D eigenvalue weighted by Gasteiger charge is -2.01. The maximum atomic E-state index is 12.1. The lowest BCUT2D eigenvalue weighted by molar-refractivity contribution is 0.102. The Morgan fingerprint density at radius 1 is 1.45 bits per heavy atom. The standard InChI is InChI=1S/C13H11N3O3S/c1-7-6-20-12(14-7)15-11(17)8-3-4-9-10(5-8)19-13(18)16(9)2/h3-6H,1-2H3,(H,14,15,17). The molecule has 0 saturated carbocycles. The molecular weight excluding hydrogens is 278 g/mol. The average molecular weight is 289 g/mol. The number of anilines is 1. The summed E-state index contributed by atoms with van der Waals surface area (Å²) in [5, 5.41) is 5.11. The van der Waals surface area contributed by atoms with Crippen LogP contribution in [-0.4, -0.2) is 15.5 Å². The van der Waals surface area contributed by atoms with E-state index in [9.17, 15) is 9.59 Å². The first-order valence-electron chi connectivity index (χ1n) is 5.87. The van der Waals surface area contributed by atoms with Gasteiger partial charge < -0.3 is 4.42 Å². The van der Waals surface area contributed by atoms with E-state index in [1.807, 2.05) is 12.3 Å². The van der Waals surface area contributed by atoms with Crippen molar-refractivity contribution in [1.29, 1.82) is 0 Å². The molecule has 1 aromatic carbocycles. The van der Waals surface area contributed by atoms with Crippen LogP contribution in [0.1, 0.15) is 16.1 Å². The molecule has 7 heteroatoms. The molecule has 2 heterocycles. The molecule has 0 atom stereocenters. The van der Waals surface area contributed by atoms with Gasteiger partial charge in [-0.3, -0.25) is 14.7 Å². The van der Waals surface area contributed by atoms with Crippen molar-refractivity contribution in [2.24, 2.45) is 7.05 Å². The van der Waals surface area contributed by atoms with Crippen molar-refractivity contribution in [2.75, 3.05) is 5.32 Å². The maximum absolute atomic E-state index is 12.1. The highest BCUT2D eigenvalue weighted by molar-refractivity contribution is 7.13. The number of benzene rings is 1. The van der Waals surface area contributed by atoms with Crippen molar-refractivity contribution in [3.63, 3.8) is 0 Å². The predicted octanol–water partition coefficient (Wildman–Crippen LogP) is 2.15. The number of nitrogens with zero attached hydrogens (tertiary/aromatic N) is 2. The second-order valence-corrected chi connectivity index (χ2v) is 5.22. The van der Waals surface area contributed by atoms with E-state index in [1.54, 1.807) is 25.2 Å². The van der Waals surface area contributed by atoms with Crippen LogP contribution in [0.5, 0.6) is 0 Å². The molecule has 6 nitrogen and oxygen atoms in total. The van der Waals surface area contributed by atoms with Crippen LogP contribution in [0, 0.1) is 6.92 Å². The van der Waals surface area contributed by atoms with Gasteiger partial charge in [0.25, 0.3) is 5.91 Å². The van der Waals surface area contributed by atoms with Crippen molar-refractivity contribution >= 4 is 33.5 Å². The number of carbonyl (C=O) groups excluding carboxylic acids is 1. The Kier molecular flexibility index (Phi) is 2.90. The average Bonchev–Trinajstić information content (AvgIpc) is 2.94. The normalized spacial score (nSPS) is 10.9. The van der Waals surface area contributed by atoms with Crippen molar-refractivity contribution in [3.8, 4) is 0 Å². The molecule has 3 rings (SSSR count). The number of carbonyl (C=O) groups is 1. The lowest BCUT2D eigenvalue weighted by Crippen LogP contribution is -2.11. The maximum Gasteiger partial charge on any atom is 0.419 e. The Hall–Kier alpha value is -2.41. The van der Waals surface area contributed by atoms with E-state index in [4.69, 9.17) is 4.42 Å². The summed E-state index contributed by atoms with van der Waals surface area (Å²) in [6.07, 6.45) is 0. The molecule has 0 unspecified atom stereocenters. The summed E-state index contributed by atoms with van der Waals surface area (Å²) in [6.45, 7) is 1.86. The zero-order chi connectivity index (χ0) is 14.3. The van der Waals surface area contributed by atoms with Crippen LogP contribution in [0.3, 0.4) is 0 Å². The second-order valence-electron chi connectivity index (χ2n) is 4.36. The zero-order valence-electron chi connectivity index (χ0n) is 10.8. The zero-order valence-corrected chi connectivity index (χ0v) is 11.7. The molecule has 0 fully saturated rings. The van der Waals surface area contributed by atoms with Gasteiger partial charge in [0.05, 0.1) is 11.2 Å². The molecule has 0 radical (unpaired) electrons. The molecule has 20 heavy (non-hydrogen) atoms. The summed E-state index contributed by atoms with van der Waals surface area (Å²) >= 11 is 1.36. The highest BCUT2D eigenvalue weighted by Crippen LogP contribution is 2.18. The van der Waals surface area contributed by atoms with E-state index >= 15 is 0 Å². The highest BCUT2D eigenvalue weighted by atomic mass is 32.1. The van der Waals surface area contributed by atoms with Gasteiger partial charge in [0.15, 0.2) is 10.7 Å². The van der Waals surface area contributed by atoms with Gasteiger partial charge in [0.1, 0.15) is 0 Å². The minimum Gasteiger partial charge on any atom is -0.408 e. The van der Waals surface area contributed by atoms with Crippen molar-refractivity contribution in [2.45, 2.75) is 6.92 Å². The topological polar surface area (TPSA) is 77.1 Å². The minimum absolute atomic E-state index is 0.284. The number of hydrogen-bond acceptors (Lipinski definition) is 5. The molecule has 102 valence electrons. The van der Waals surface area contributed by atoms with Gasteiger partial charge in [-0.15, -0.1) is 11.3 Å². The third kappa shape index (κ3) is 2.12. The largest absolute Gasteiger partial charge is 0.419 e. The summed E-state index contributed by atoms with van der Waals surface area (Å²) < 4.78 is 6.45. The molecule has 3 aromatic rings. The van der Waals surface area contributed by atoms with Gasteiger partial charge in [-0.1, -0.05) is 0 Å². The fraction of sp³-hybridized carbons (Fsp3) is 0.154. The first-order valence-corrected chi connectivity index (χ1v) is 6.75. The Morgan fingerprint density at radius 2 is 2.25 bits per heavy atom. The summed E-state index contributed by atoms with van der Waals surface area (Å²) in [5.41, 5.74) is 2.31. The lowest BCUT2D eigenvalue weighted by atomic mass is 10.2. The van der Waals surface area contributed by atoms with E-state index in [2.05, 4.69) is 10.3 Å². The van der Waals surface area contributed by atoms with Crippen molar-refractivity contribution < 1.29 is 9.21 Å². The van der Waals surface area contributed by atoms with Gasteiger partial charge in [0.2, 0.25) is 0 Å². The van der Waals surface area contributed by atoms with Crippen molar-refractivity contribution in [3.05, 3.63) is 45.4 Å². The van der Waals surface area contributed by atoms with E-state index in [-0.39, 0.29) is 5.91 Å². The van der Waals surface area contributed by atoms with Crippen LogP contribution in [-0.2, 0) is 7.05 Å². The summed E-state index contributed by atoms with van der Waals surface area (Å²) in [6, 6.07) is 4.88. The Balaban J connectivity index is 1.93. The second kappa shape index (κ2) is 4.61. The van der Waals surface area contributed by atoms with Crippen LogP contribution in [0.25, 0.3) is 11.1 Å². The summed E-state index contributed by atoms with van der Waals surface area (Å²) in [7, 11) is 1.62. The number of fused-ring (bicyclic) bond motifs is 1. The molecule has 0 aliphatic carbocycles. The third-order valence-electron chi connectivity index (χ3n) is 2.89. The van der Waals surface area contributed by atoms with Crippen LogP contribution in [0.2, 0.25) is 0 Å². The molecule has 0 bridgehead atoms. The molecule has 0 aliphatic heterocycles.